The van der Waals surface area contributed by atoms with Crippen LogP contribution in [0.1, 0.15) is 47.1 Å². The summed E-state index contributed by atoms with van der Waals surface area (Å²) in [5.74, 6) is 0.601. The Kier molecular flexibility index (Phi) is 4.47. The Bertz CT molecular complexity index is 1010. The predicted octanol–water partition coefficient (Wildman–Crippen LogP) is 6.81. The monoisotopic (exact) mass is 393 g/mol. The summed E-state index contributed by atoms with van der Waals surface area (Å²) in [5.41, 5.74) is 5.30. The average Bonchev–Trinajstić information content (AvgIpc) is 3.03. The molecule has 1 aliphatic carbocycles. The fourth-order valence-electron chi connectivity index (χ4n) is 4.89. The highest BCUT2D eigenvalue weighted by Crippen LogP contribution is 2.50. The molecule has 1 saturated heterocycles. The van der Waals surface area contributed by atoms with Crippen LogP contribution in [0.5, 0.6) is 0 Å². The number of fused-ring (bicyclic) bond motifs is 5. The second kappa shape index (κ2) is 7.03. The van der Waals surface area contributed by atoms with Gasteiger partial charge >= 0.3 is 6.18 Å². The molecule has 2 aliphatic rings. The van der Waals surface area contributed by atoms with Gasteiger partial charge in [0.15, 0.2) is 0 Å². The fraction of sp³-hybridized carbons (Fsp3) is 0.280. The highest BCUT2D eigenvalue weighted by molar-refractivity contribution is 5.66. The van der Waals surface area contributed by atoms with Gasteiger partial charge in [-0.25, -0.2) is 0 Å². The quantitative estimate of drug-likeness (QED) is 0.473. The van der Waals surface area contributed by atoms with Gasteiger partial charge in [0.1, 0.15) is 0 Å². The minimum absolute atomic E-state index is 0.387. The first-order valence-electron chi connectivity index (χ1n) is 10.1. The molecule has 2 unspecified atom stereocenters. The first-order chi connectivity index (χ1) is 14.0. The molecular weight excluding hydrogens is 371 g/mol. The Morgan fingerprint density at radius 1 is 0.828 bits per heavy atom. The van der Waals surface area contributed by atoms with Crippen molar-refractivity contribution < 1.29 is 13.2 Å². The Morgan fingerprint density at radius 3 is 2.28 bits per heavy atom. The summed E-state index contributed by atoms with van der Waals surface area (Å²) in [5, 5.41) is 0. The second-order valence-electron chi connectivity index (χ2n) is 8.11. The summed E-state index contributed by atoms with van der Waals surface area (Å²) in [6.45, 7) is 2.01. The summed E-state index contributed by atoms with van der Waals surface area (Å²) in [6.07, 6.45) is -2.00. The maximum Gasteiger partial charge on any atom is 0.416 e. The van der Waals surface area contributed by atoms with E-state index >= 15 is 0 Å². The van der Waals surface area contributed by atoms with Crippen molar-refractivity contribution in [3.8, 4) is 11.1 Å². The highest BCUT2D eigenvalue weighted by Gasteiger charge is 2.38. The number of nitrogens with zero attached hydrogens (tertiary/aromatic N) is 1. The van der Waals surface area contributed by atoms with Crippen LogP contribution in [-0.4, -0.2) is 11.4 Å². The van der Waals surface area contributed by atoms with Gasteiger partial charge in [0.2, 0.25) is 0 Å². The van der Waals surface area contributed by atoms with E-state index in [1.165, 1.54) is 28.8 Å². The largest absolute Gasteiger partial charge is 0.416 e. The number of hydrogen-bond acceptors (Lipinski definition) is 1. The van der Waals surface area contributed by atoms with Gasteiger partial charge in [-0.15, -0.1) is 0 Å². The van der Waals surface area contributed by atoms with E-state index in [4.69, 9.17) is 0 Å². The van der Waals surface area contributed by atoms with Gasteiger partial charge < -0.3 is 0 Å². The lowest BCUT2D eigenvalue weighted by Gasteiger charge is -2.33. The number of alkyl halides is 3. The topological polar surface area (TPSA) is 3.24 Å². The molecule has 0 spiro atoms. The molecule has 0 aromatic heterocycles. The third kappa shape index (κ3) is 3.46. The average molecular weight is 393 g/mol. The standard InChI is InChI=1S/C25H22F3N/c26-25(27,28)21-9-6-18(7-10-21)19-8-11-22-20-12-13-29(24(15-20)23(22)14-19)16-17-4-2-1-3-5-17/h1-11,14,20,24H,12-13,15-16H2. The van der Waals surface area contributed by atoms with Crippen molar-refractivity contribution in [2.24, 2.45) is 0 Å². The molecule has 1 fully saturated rings. The lowest BCUT2D eigenvalue weighted by Crippen LogP contribution is -2.31. The normalized spacial score (nSPS) is 21.2. The number of benzene rings is 3. The molecular formula is C25H22F3N. The van der Waals surface area contributed by atoms with Crippen LogP contribution in [-0.2, 0) is 12.7 Å². The number of hydrogen-bond donors (Lipinski definition) is 0. The molecule has 1 aliphatic heterocycles. The summed E-state index contributed by atoms with van der Waals surface area (Å²) in [7, 11) is 0. The number of halogens is 3. The Balaban J connectivity index is 1.44. The molecule has 0 radical (unpaired) electrons. The third-order valence-corrected chi connectivity index (χ3v) is 6.37. The van der Waals surface area contributed by atoms with Gasteiger partial charge in [-0.1, -0.05) is 54.6 Å². The van der Waals surface area contributed by atoms with E-state index in [1.54, 1.807) is 12.1 Å². The molecule has 0 N–H and O–H groups in total. The minimum Gasteiger partial charge on any atom is -0.292 e. The van der Waals surface area contributed by atoms with E-state index in [2.05, 4.69) is 47.4 Å². The number of likely N-dealkylation sites (tertiary alicyclic amines) is 1. The van der Waals surface area contributed by atoms with Crippen LogP contribution < -0.4 is 0 Å². The van der Waals surface area contributed by atoms with E-state index in [1.807, 2.05) is 6.07 Å². The van der Waals surface area contributed by atoms with Gasteiger partial charge in [-0.05, 0) is 71.3 Å². The molecule has 2 atom stereocenters. The molecule has 148 valence electrons. The van der Waals surface area contributed by atoms with Crippen LogP contribution in [0.2, 0.25) is 0 Å². The van der Waals surface area contributed by atoms with Crippen molar-refractivity contribution >= 4 is 0 Å². The SMILES string of the molecule is FC(F)(F)c1ccc(-c2ccc3c(c2)C2CC3CCN2Cc2ccccc2)cc1. The van der Waals surface area contributed by atoms with Crippen LogP contribution in [0.25, 0.3) is 11.1 Å². The maximum absolute atomic E-state index is 12.9. The molecule has 2 bridgehead atoms. The van der Waals surface area contributed by atoms with Crippen molar-refractivity contribution in [3.05, 3.63) is 95.1 Å². The smallest absolute Gasteiger partial charge is 0.292 e. The molecule has 1 heterocycles. The summed E-state index contributed by atoms with van der Waals surface area (Å²) >= 11 is 0. The Morgan fingerprint density at radius 2 is 1.55 bits per heavy atom. The Hall–Kier alpha value is -2.59. The van der Waals surface area contributed by atoms with Crippen LogP contribution in [0, 0.1) is 0 Å². The molecule has 0 saturated carbocycles. The molecule has 3 aromatic rings. The van der Waals surface area contributed by atoms with Crippen molar-refractivity contribution in [2.75, 3.05) is 6.54 Å². The van der Waals surface area contributed by atoms with Crippen LogP contribution >= 0.6 is 0 Å². The van der Waals surface area contributed by atoms with Gasteiger partial charge in [0.05, 0.1) is 5.56 Å². The lowest BCUT2D eigenvalue weighted by molar-refractivity contribution is -0.137. The second-order valence-corrected chi connectivity index (χ2v) is 8.11. The maximum atomic E-state index is 12.9. The van der Waals surface area contributed by atoms with E-state index in [9.17, 15) is 13.2 Å². The van der Waals surface area contributed by atoms with Gasteiger partial charge in [-0.3, -0.25) is 4.90 Å². The zero-order chi connectivity index (χ0) is 20.0. The van der Waals surface area contributed by atoms with Gasteiger partial charge in [0.25, 0.3) is 0 Å². The summed E-state index contributed by atoms with van der Waals surface area (Å²) in [6, 6.07) is 22.9. The van der Waals surface area contributed by atoms with Crippen molar-refractivity contribution in [1.82, 2.24) is 4.90 Å². The van der Waals surface area contributed by atoms with Crippen molar-refractivity contribution in [2.45, 2.75) is 37.5 Å². The van der Waals surface area contributed by atoms with Crippen molar-refractivity contribution in [1.29, 1.82) is 0 Å². The molecule has 4 heteroatoms. The van der Waals surface area contributed by atoms with Crippen LogP contribution in [0.3, 0.4) is 0 Å². The Labute approximate surface area is 168 Å². The first kappa shape index (κ1) is 18.4. The summed E-state index contributed by atoms with van der Waals surface area (Å²) < 4.78 is 38.6. The van der Waals surface area contributed by atoms with E-state index in [0.717, 1.165) is 37.1 Å². The van der Waals surface area contributed by atoms with Gasteiger partial charge in [0, 0.05) is 12.6 Å². The zero-order valence-corrected chi connectivity index (χ0v) is 16.0. The molecule has 1 nitrogen and oxygen atoms in total. The van der Waals surface area contributed by atoms with Gasteiger partial charge in [-0.2, -0.15) is 13.2 Å². The molecule has 29 heavy (non-hydrogen) atoms. The van der Waals surface area contributed by atoms with E-state index in [0.29, 0.717) is 12.0 Å². The van der Waals surface area contributed by atoms with E-state index < -0.39 is 11.7 Å². The van der Waals surface area contributed by atoms with Crippen molar-refractivity contribution in [3.63, 3.8) is 0 Å². The van der Waals surface area contributed by atoms with E-state index in [-0.39, 0.29) is 0 Å². The molecule has 3 aromatic carbocycles. The van der Waals surface area contributed by atoms with Crippen LogP contribution in [0.4, 0.5) is 13.2 Å². The summed E-state index contributed by atoms with van der Waals surface area (Å²) in [4.78, 5) is 2.55. The molecule has 0 amide bonds. The molecule has 5 rings (SSSR count). The fourth-order valence-corrected chi connectivity index (χ4v) is 4.89. The highest BCUT2D eigenvalue weighted by atomic mass is 19.4. The number of piperidine rings is 1. The van der Waals surface area contributed by atoms with Crippen LogP contribution in [0.15, 0.2) is 72.8 Å². The number of rotatable bonds is 3. The minimum atomic E-state index is -4.30. The lowest BCUT2D eigenvalue weighted by atomic mass is 9.94. The zero-order valence-electron chi connectivity index (χ0n) is 16.0. The first-order valence-corrected chi connectivity index (χ1v) is 10.1. The predicted molar refractivity (Wildman–Crippen MR) is 108 cm³/mol. The third-order valence-electron chi connectivity index (χ3n) is 6.37.